The van der Waals surface area contributed by atoms with E-state index in [4.69, 9.17) is 8.83 Å². The fourth-order valence-corrected chi connectivity index (χ4v) is 11.2. The van der Waals surface area contributed by atoms with Gasteiger partial charge in [-0.05, 0) is 103 Å². The standard InChI is InChI=1S/C62H37N3O2.C3H6/c1-3-15-40(16-4-1)64-54-27-11-8-21-48(54)59-49-25-13-22-45(60(49)65(62(59)64)41-17-5-2-6-18-41)46-23-14-24-47-51-36-39(30-33-58(51)67-61(46)47)38-29-32-55-50(35-38)43-19-7-10-26-53(43)63(55)42-31-34-57-52(37-42)44-20-9-12-28-56(44)66-57;1-3-2/h1-37H;3H,1H2,2H3. The Labute approximate surface area is 402 Å². The van der Waals surface area contributed by atoms with E-state index < -0.39 is 0 Å². The molecule has 5 aromatic heterocycles. The maximum atomic E-state index is 6.95. The first-order valence-electron chi connectivity index (χ1n) is 23.8. The van der Waals surface area contributed by atoms with Crippen LogP contribution in [0.4, 0.5) is 0 Å². The van der Waals surface area contributed by atoms with Crippen LogP contribution in [0.2, 0.25) is 0 Å². The molecule has 0 spiro atoms. The van der Waals surface area contributed by atoms with Crippen molar-refractivity contribution in [2.24, 2.45) is 0 Å². The number of hydrogen-bond donors (Lipinski definition) is 0. The Bertz CT molecular complexity index is 4560. The zero-order valence-electron chi connectivity index (χ0n) is 38.3. The summed E-state index contributed by atoms with van der Waals surface area (Å²) in [5.74, 6) is 0. The first kappa shape index (κ1) is 39.8. The van der Waals surface area contributed by atoms with Crippen LogP contribution in [0.15, 0.2) is 246 Å². The summed E-state index contributed by atoms with van der Waals surface area (Å²) < 4.78 is 20.4. The smallest absolute Gasteiger partial charge is 0.143 e. The molecule has 0 atom stereocenters. The number of benzene rings is 10. The second-order valence-corrected chi connectivity index (χ2v) is 18.0. The molecule has 0 radical (unpaired) electrons. The highest BCUT2D eigenvalue weighted by molar-refractivity contribution is 6.25. The van der Waals surface area contributed by atoms with E-state index in [1.165, 1.54) is 38.0 Å². The molecule has 15 aromatic rings. The predicted molar refractivity (Wildman–Crippen MR) is 293 cm³/mol. The first-order chi connectivity index (χ1) is 34.7. The van der Waals surface area contributed by atoms with E-state index in [2.05, 4.69) is 233 Å². The van der Waals surface area contributed by atoms with Gasteiger partial charge in [-0.15, -0.1) is 6.58 Å². The number of hydrogen-bond acceptors (Lipinski definition) is 2. The summed E-state index contributed by atoms with van der Waals surface area (Å²) in [6.07, 6.45) is 1.75. The number of furan rings is 2. The summed E-state index contributed by atoms with van der Waals surface area (Å²) in [5, 5.41) is 10.5. The molecule has 0 saturated heterocycles. The van der Waals surface area contributed by atoms with Crippen LogP contribution < -0.4 is 0 Å². The molecule has 0 fully saturated rings. The summed E-state index contributed by atoms with van der Waals surface area (Å²) >= 11 is 0. The van der Waals surface area contributed by atoms with Crippen LogP contribution in [-0.2, 0) is 0 Å². The van der Waals surface area contributed by atoms with Crippen molar-refractivity contribution in [3.63, 3.8) is 0 Å². The van der Waals surface area contributed by atoms with Crippen molar-refractivity contribution >= 4 is 98.5 Å². The van der Waals surface area contributed by atoms with Crippen molar-refractivity contribution in [1.82, 2.24) is 13.7 Å². The van der Waals surface area contributed by atoms with Gasteiger partial charge in [0.1, 0.15) is 28.0 Å². The highest BCUT2D eigenvalue weighted by Crippen LogP contribution is 2.46. The van der Waals surface area contributed by atoms with Crippen molar-refractivity contribution in [1.29, 1.82) is 0 Å². The Morgan fingerprint density at radius 2 is 0.886 bits per heavy atom. The van der Waals surface area contributed by atoms with Crippen LogP contribution in [0.1, 0.15) is 6.92 Å². The highest BCUT2D eigenvalue weighted by atomic mass is 16.3. The molecule has 5 nitrogen and oxygen atoms in total. The molecule has 5 heteroatoms. The molecule has 0 amide bonds. The average molecular weight is 898 g/mol. The van der Waals surface area contributed by atoms with Gasteiger partial charge >= 0.3 is 0 Å². The van der Waals surface area contributed by atoms with Crippen LogP contribution in [0.5, 0.6) is 0 Å². The Hall–Kier alpha value is -9.32. The monoisotopic (exact) mass is 897 g/mol. The van der Waals surface area contributed by atoms with E-state index in [1.54, 1.807) is 6.08 Å². The lowest BCUT2D eigenvalue weighted by Gasteiger charge is -2.15. The molecule has 330 valence electrons. The van der Waals surface area contributed by atoms with Gasteiger partial charge in [0.25, 0.3) is 0 Å². The minimum absolute atomic E-state index is 0.864. The van der Waals surface area contributed by atoms with Crippen molar-refractivity contribution in [2.75, 3.05) is 0 Å². The fraction of sp³-hybridized carbons (Fsp3) is 0.0154. The summed E-state index contributed by atoms with van der Waals surface area (Å²) in [4.78, 5) is 0. The van der Waals surface area contributed by atoms with Crippen LogP contribution >= 0.6 is 0 Å². The largest absolute Gasteiger partial charge is 0.456 e. The molecule has 10 aromatic carbocycles. The molecular formula is C65H43N3O2. The molecule has 15 rings (SSSR count). The van der Waals surface area contributed by atoms with Crippen molar-refractivity contribution < 1.29 is 8.83 Å². The number of para-hydroxylation sites is 7. The molecule has 0 aliphatic rings. The van der Waals surface area contributed by atoms with Crippen LogP contribution in [0, 0.1) is 0 Å². The number of rotatable bonds is 5. The second kappa shape index (κ2) is 15.6. The SMILES string of the molecule is C=CC.c1ccc(-n2c3ccccc3c3c4cccc(-c5cccc6c5oc5ccc(-c7ccc8c(c7)c7ccccc7n8-c7ccc8oc9ccccc9c8c7)cc56)c4n(-c4ccccc4)c32)cc1. The quantitative estimate of drug-likeness (QED) is 0.162. The zero-order valence-corrected chi connectivity index (χ0v) is 38.3. The van der Waals surface area contributed by atoms with Gasteiger partial charge in [-0.3, -0.25) is 9.13 Å². The molecule has 0 aliphatic heterocycles. The molecule has 5 heterocycles. The fourth-order valence-electron chi connectivity index (χ4n) is 11.2. The lowest BCUT2D eigenvalue weighted by molar-refractivity contribution is 0.669. The third-order valence-corrected chi connectivity index (χ3v) is 14.0. The highest BCUT2D eigenvalue weighted by Gasteiger charge is 2.25. The molecule has 0 saturated carbocycles. The summed E-state index contributed by atoms with van der Waals surface area (Å²) in [6.45, 7) is 5.25. The molecule has 0 bridgehead atoms. The van der Waals surface area contributed by atoms with Gasteiger partial charge in [0, 0.05) is 76.7 Å². The second-order valence-electron chi connectivity index (χ2n) is 18.0. The number of allylic oxidation sites excluding steroid dienone is 1. The Balaban J connectivity index is 0.00000150. The molecule has 0 N–H and O–H groups in total. The van der Waals surface area contributed by atoms with Crippen LogP contribution in [0.3, 0.4) is 0 Å². The Morgan fingerprint density at radius 1 is 0.357 bits per heavy atom. The minimum atomic E-state index is 0.864. The van der Waals surface area contributed by atoms with E-state index in [0.29, 0.717) is 0 Å². The molecule has 0 unspecified atom stereocenters. The molecular weight excluding hydrogens is 855 g/mol. The maximum absolute atomic E-state index is 6.95. The Kier molecular flexibility index (Phi) is 8.89. The van der Waals surface area contributed by atoms with Gasteiger partial charge < -0.3 is 13.4 Å². The summed E-state index contributed by atoms with van der Waals surface area (Å²) in [7, 11) is 0. The average Bonchev–Trinajstić information content (AvgIpc) is 4.22. The minimum Gasteiger partial charge on any atom is -0.456 e. The Morgan fingerprint density at radius 3 is 1.66 bits per heavy atom. The van der Waals surface area contributed by atoms with Crippen LogP contribution in [-0.4, -0.2) is 13.7 Å². The number of fused-ring (bicyclic) bond motifs is 14. The van der Waals surface area contributed by atoms with Gasteiger partial charge in [-0.2, -0.15) is 0 Å². The van der Waals surface area contributed by atoms with Crippen molar-refractivity contribution in [3.8, 4) is 39.3 Å². The van der Waals surface area contributed by atoms with Gasteiger partial charge in [-0.25, -0.2) is 0 Å². The van der Waals surface area contributed by atoms with Crippen molar-refractivity contribution in [2.45, 2.75) is 6.92 Å². The van der Waals surface area contributed by atoms with Crippen molar-refractivity contribution in [3.05, 3.63) is 237 Å². The van der Waals surface area contributed by atoms with E-state index in [-0.39, 0.29) is 0 Å². The summed E-state index contributed by atoms with van der Waals surface area (Å²) in [6, 6.07) is 80.6. The lowest BCUT2D eigenvalue weighted by atomic mass is 9.98. The lowest BCUT2D eigenvalue weighted by Crippen LogP contribution is -2.02. The third-order valence-electron chi connectivity index (χ3n) is 14.0. The number of aromatic nitrogens is 3. The maximum Gasteiger partial charge on any atom is 0.143 e. The van der Waals surface area contributed by atoms with Crippen LogP contribution in [0.25, 0.3) is 138 Å². The van der Waals surface area contributed by atoms with E-state index in [0.717, 1.165) is 99.9 Å². The molecule has 0 aliphatic carbocycles. The van der Waals surface area contributed by atoms with E-state index >= 15 is 0 Å². The first-order valence-corrected chi connectivity index (χ1v) is 23.8. The predicted octanol–water partition coefficient (Wildman–Crippen LogP) is 18.1. The van der Waals surface area contributed by atoms with E-state index in [1.807, 2.05) is 19.1 Å². The molecule has 70 heavy (non-hydrogen) atoms. The van der Waals surface area contributed by atoms with Gasteiger partial charge in [0.05, 0.1) is 22.1 Å². The summed E-state index contributed by atoms with van der Waals surface area (Å²) in [5.41, 5.74) is 17.1. The number of nitrogens with zero attached hydrogens (tertiary/aromatic N) is 3. The van der Waals surface area contributed by atoms with Gasteiger partial charge in [-0.1, -0.05) is 146 Å². The van der Waals surface area contributed by atoms with E-state index in [9.17, 15) is 0 Å². The third kappa shape index (κ3) is 5.85. The van der Waals surface area contributed by atoms with Gasteiger partial charge in [0.15, 0.2) is 0 Å². The zero-order chi connectivity index (χ0) is 46.5. The van der Waals surface area contributed by atoms with Gasteiger partial charge in [0.2, 0.25) is 0 Å². The normalized spacial score (nSPS) is 11.8. The topological polar surface area (TPSA) is 41.1 Å².